The molecular weight excluding hydrogens is 254 g/mol. The normalized spacial score (nSPS) is 12.3. The highest BCUT2D eigenvalue weighted by Crippen LogP contribution is 2.25. The Morgan fingerprint density at radius 3 is 2.29 bits per heavy atom. The van der Waals surface area contributed by atoms with Gasteiger partial charge >= 0.3 is 0 Å². The Balaban J connectivity index is 2.24. The molecule has 2 rings (SSSR count). The molecule has 0 amide bonds. The summed E-state index contributed by atoms with van der Waals surface area (Å²) in [6.07, 6.45) is 4.79. The fourth-order valence-corrected chi connectivity index (χ4v) is 2.90. The molecule has 0 spiro atoms. The first-order chi connectivity index (χ1) is 10.3. The summed E-state index contributed by atoms with van der Waals surface area (Å²) < 4.78 is 0. The topological polar surface area (TPSA) is 12.0 Å². The summed E-state index contributed by atoms with van der Waals surface area (Å²) in [4.78, 5) is 0. The van der Waals surface area contributed by atoms with Crippen LogP contribution in [0.2, 0.25) is 0 Å². The molecule has 0 bridgehead atoms. The third-order valence-electron chi connectivity index (χ3n) is 4.17. The zero-order valence-electron chi connectivity index (χ0n) is 13.5. The third-order valence-corrected chi connectivity index (χ3v) is 4.17. The summed E-state index contributed by atoms with van der Waals surface area (Å²) in [7, 11) is 2.04. The van der Waals surface area contributed by atoms with E-state index >= 15 is 0 Å². The maximum atomic E-state index is 3.47. The third kappa shape index (κ3) is 3.95. The van der Waals surface area contributed by atoms with E-state index in [2.05, 4.69) is 67.7 Å². The second-order valence-corrected chi connectivity index (χ2v) is 5.62. The van der Waals surface area contributed by atoms with Gasteiger partial charge in [0.2, 0.25) is 0 Å². The van der Waals surface area contributed by atoms with Gasteiger partial charge in [-0.25, -0.2) is 0 Å². The Morgan fingerprint density at radius 1 is 0.952 bits per heavy atom. The first kappa shape index (κ1) is 15.8. The lowest BCUT2D eigenvalue weighted by atomic mass is 9.92. The zero-order valence-corrected chi connectivity index (χ0v) is 13.5. The molecule has 0 saturated carbocycles. The molecule has 0 saturated heterocycles. The fourth-order valence-electron chi connectivity index (χ4n) is 2.90. The molecule has 1 nitrogen and oxygen atoms in total. The molecule has 0 fully saturated rings. The van der Waals surface area contributed by atoms with Gasteiger partial charge in [0, 0.05) is 0 Å². The van der Waals surface area contributed by atoms with Gasteiger partial charge in [-0.3, -0.25) is 0 Å². The van der Waals surface area contributed by atoms with E-state index in [1.165, 1.54) is 41.5 Å². The van der Waals surface area contributed by atoms with E-state index in [1.54, 1.807) is 0 Å². The van der Waals surface area contributed by atoms with Crippen molar-refractivity contribution in [1.82, 2.24) is 5.32 Å². The molecule has 0 aromatic heterocycles. The van der Waals surface area contributed by atoms with Crippen LogP contribution in [-0.4, -0.2) is 7.05 Å². The Hall–Kier alpha value is -1.60. The lowest BCUT2D eigenvalue weighted by molar-refractivity contribution is 0.683. The van der Waals surface area contributed by atoms with Gasteiger partial charge in [0.05, 0.1) is 6.04 Å². The Kier molecular flexibility index (Phi) is 6.01. The standard InChI is InChI=1S/C20H27N/c1-4-6-9-16-12-14-18(15-13-16)20(21-3)19-11-8-7-10-17(19)5-2/h7-8,10-15,20-21H,4-6,9H2,1-3H3. The van der Waals surface area contributed by atoms with Crippen LogP contribution in [0.1, 0.15) is 55.0 Å². The maximum absolute atomic E-state index is 3.47. The van der Waals surface area contributed by atoms with Crippen LogP contribution in [0.25, 0.3) is 0 Å². The minimum absolute atomic E-state index is 0.279. The molecule has 0 heterocycles. The minimum atomic E-state index is 0.279. The van der Waals surface area contributed by atoms with Crippen LogP contribution in [0.4, 0.5) is 0 Å². The van der Waals surface area contributed by atoms with Crippen molar-refractivity contribution >= 4 is 0 Å². The van der Waals surface area contributed by atoms with Gasteiger partial charge in [0.15, 0.2) is 0 Å². The highest BCUT2D eigenvalue weighted by molar-refractivity contribution is 5.38. The average Bonchev–Trinajstić information content (AvgIpc) is 2.55. The number of rotatable bonds is 7. The van der Waals surface area contributed by atoms with Crippen LogP contribution in [0.15, 0.2) is 48.5 Å². The van der Waals surface area contributed by atoms with Gasteiger partial charge in [-0.2, -0.15) is 0 Å². The van der Waals surface area contributed by atoms with E-state index in [-0.39, 0.29) is 6.04 Å². The summed E-state index contributed by atoms with van der Waals surface area (Å²) in [6, 6.07) is 18.1. The second kappa shape index (κ2) is 7.99. The van der Waals surface area contributed by atoms with Gasteiger partial charge in [-0.15, -0.1) is 0 Å². The van der Waals surface area contributed by atoms with Gasteiger partial charge in [0.25, 0.3) is 0 Å². The molecule has 0 radical (unpaired) electrons. The van der Waals surface area contributed by atoms with Crippen LogP contribution in [-0.2, 0) is 12.8 Å². The molecule has 2 aromatic rings. The molecule has 0 aliphatic rings. The van der Waals surface area contributed by atoms with Crippen molar-refractivity contribution in [2.75, 3.05) is 7.05 Å². The number of aryl methyl sites for hydroxylation is 2. The van der Waals surface area contributed by atoms with Crippen molar-refractivity contribution in [3.63, 3.8) is 0 Å². The van der Waals surface area contributed by atoms with Gasteiger partial charge in [0.1, 0.15) is 0 Å². The van der Waals surface area contributed by atoms with Crippen LogP contribution in [0.3, 0.4) is 0 Å². The van der Waals surface area contributed by atoms with E-state index < -0.39 is 0 Å². The molecule has 112 valence electrons. The number of hydrogen-bond acceptors (Lipinski definition) is 1. The monoisotopic (exact) mass is 281 g/mol. The molecule has 21 heavy (non-hydrogen) atoms. The number of nitrogens with one attached hydrogen (secondary N) is 1. The molecule has 0 aliphatic carbocycles. The minimum Gasteiger partial charge on any atom is -0.309 e. The summed E-state index contributed by atoms with van der Waals surface area (Å²) in [5.74, 6) is 0. The average molecular weight is 281 g/mol. The number of hydrogen-bond donors (Lipinski definition) is 1. The predicted octanol–water partition coefficient (Wildman–Crippen LogP) is 4.90. The van der Waals surface area contributed by atoms with Crippen LogP contribution < -0.4 is 5.32 Å². The molecule has 2 aromatic carbocycles. The molecular formula is C20H27N. The van der Waals surface area contributed by atoms with Crippen molar-refractivity contribution in [2.24, 2.45) is 0 Å². The fraction of sp³-hybridized carbons (Fsp3) is 0.400. The van der Waals surface area contributed by atoms with Gasteiger partial charge in [-0.1, -0.05) is 68.8 Å². The van der Waals surface area contributed by atoms with E-state index in [1.807, 2.05) is 7.05 Å². The molecule has 1 unspecified atom stereocenters. The van der Waals surface area contributed by atoms with Crippen molar-refractivity contribution < 1.29 is 0 Å². The number of unbranched alkanes of at least 4 members (excludes halogenated alkanes) is 1. The lowest BCUT2D eigenvalue weighted by Gasteiger charge is -2.20. The van der Waals surface area contributed by atoms with Gasteiger partial charge < -0.3 is 5.32 Å². The first-order valence-corrected chi connectivity index (χ1v) is 8.14. The molecule has 1 heteroatoms. The second-order valence-electron chi connectivity index (χ2n) is 5.62. The lowest BCUT2D eigenvalue weighted by Crippen LogP contribution is -2.19. The van der Waals surface area contributed by atoms with E-state index in [0.717, 1.165) is 6.42 Å². The summed E-state index contributed by atoms with van der Waals surface area (Å²) >= 11 is 0. The van der Waals surface area contributed by atoms with Crippen LogP contribution in [0.5, 0.6) is 0 Å². The first-order valence-electron chi connectivity index (χ1n) is 8.14. The quantitative estimate of drug-likeness (QED) is 0.761. The molecule has 1 N–H and O–H groups in total. The van der Waals surface area contributed by atoms with Crippen LogP contribution >= 0.6 is 0 Å². The highest BCUT2D eigenvalue weighted by Gasteiger charge is 2.14. The Labute approximate surface area is 129 Å². The van der Waals surface area contributed by atoms with Crippen molar-refractivity contribution in [2.45, 2.75) is 45.6 Å². The van der Waals surface area contributed by atoms with Crippen molar-refractivity contribution in [3.05, 3.63) is 70.8 Å². The highest BCUT2D eigenvalue weighted by atomic mass is 14.9. The Morgan fingerprint density at radius 2 is 1.67 bits per heavy atom. The summed E-state index contributed by atoms with van der Waals surface area (Å²) in [5, 5.41) is 3.47. The SMILES string of the molecule is CCCCc1ccc(C(NC)c2ccccc2CC)cc1. The molecule has 1 atom stereocenters. The van der Waals surface area contributed by atoms with Crippen molar-refractivity contribution in [1.29, 1.82) is 0 Å². The van der Waals surface area contributed by atoms with Crippen LogP contribution in [0, 0.1) is 0 Å². The molecule has 0 aliphatic heterocycles. The smallest absolute Gasteiger partial charge is 0.0576 e. The summed E-state index contributed by atoms with van der Waals surface area (Å²) in [6.45, 7) is 4.46. The summed E-state index contributed by atoms with van der Waals surface area (Å²) in [5.41, 5.74) is 5.61. The maximum Gasteiger partial charge on any atom is 0.0576 e. The number of benzene rings is 2. The zero-order chi connectivity index (χ0) is 15.1. The van der Waals surface area contributed by atoms with E-state index in [4.69, 9.17) is 0 Å². The predicted molar refractivity (Wildman–Crippen MR) is 91.8 cm³/mol. The van der Waals surface area contributed by atoms with E-state index in [9.17, 15) is 0 Å². The largest absolute Gasteiger partial charge is 0.309 e. The van der Waals surface area contributed by atoms with Gasteiger partial charge in [-0.05, 0) is 48.6 Å². The van der Waals surface area contributed by atoms with Crippen molar-refractivity contribution in [3.8, 4) is 0 Å². The van der Waals surface area contributed by atoms with E-state index in [0.29, 0.717) is 0 Å². The Bertz CT molecular complexity index is 542.